The summed E-state index contributed by atoms with van der Waals surface area (Å²) in [7, 11) is 0. The fourth-order valence-electron chi connectivity index (χ4n) is 1.68. The Hall–Kier alpha value is -1.89. The van der Waals surface area contributed by atoms with Crippen molar-refractivity contribution >= 4 is 17.8 Å². The molecule has 0 aromatic rings. The molecule has 1 unspecified atom stereocenters. The monoisotopic (exact) mass is 299 g/mol. The lowest BCUT2D eigenvalue weighted by atomic mass is 10.1. The molecule has 1 aliphatic rings. The maximum Gasteiger partial charge on any atom is 0.407 e. The number of aliphatic hydroxyl groups is 1. The SMILES string of the molecule is CC(C)(C)OC(=O)NCCC/C=C1/C(=O)OC(CO)C1=O. The van der Waals surface area contributed by atoms with E-state index in [0.29, 0.717) is 19.4 Å². The van der Waals surface area contributed by atoms with E-state index >= 15 is 0 Å². The highest BCUT2D eigenvalue weighted by Gasteiger charge is 2.37. The van der Waals surface area contributed by atoms with Crippen LogP contribution in [0.3, 0.4) is 0 Å². The van der Waals surface area contributed by atoms with Gasteiger partial charge in [0.05, 0.1) is 6.61 Å². The Labute approximate surface area is 123 Å². The standard InChI is InChI=1S/C14H21NO6/c1-14(2,3)21-13(19)15-7-5-4-6-9-11(17)10(8-16)20-12(9)18/h6,10,16H,4-5,7-8H2,1-3H3,(H,15,19)/b9-6+. The van der Waals surface area contributed by atoms with Crippen LogP contribution in [0.4, 0.5) is 4.79 Å². The van der Waals surface area contributed by atoms with Crippen molar-refractivity contribution in [3.8, 4) is 0 Å². The van der Waals surface area contributed by atoms with Gasteiger partial charge in [0.2, 0.25) is 5.78 Å². The zero-order valence-electron chi connectivity index (χ0n) is 12.5. The van der Waals surface area contributed by atoms with Crippen molar-refractivity contribution in [1.29, 1.82) is 0 Å². The number of hydrogen-bond donors (Lipinski definition) is 2. The Kier molecular flexibility index (Phi) is 5.90. The van der Waals surface area contributed by atoms with Crippen molar-refractivity contribution in [2.75, 3.05) is 13.2 Å². The number of carbonyl (C=O) groups is 3. The molecular formula is C14H21NO6. The molecule has 2 N–H and O–H groups in total. The van der Waals surface area contributed by atoms with Gasteiger partial charge in [0.25, 0.3) is 0 Å². The summed E-state index contributed by atoms with van der Waals surface area (Å²) in [5.41, 5.74) is -0.586. The summed E-state index contributed by atoms with van der Waals surface area (Å²) >= 11 is 0. The van der Waals surface area contributed by atoms with Gasteiger partial charge in [-0.15, -0.1) is 0 Å². The number of rotatable bonds is 5. The third-order valence-corrected chi connectivity index (χ3v) is 2.59. The molecule has 1 saturated heterocycles. The Morgan fingerprint density at radius 3 is 2.62 bits per heavy atom. The Morgan fingerprint density at radius 2 is 2.10 bits per heavy atom. The quantitative estimate of drug-likeness (QED) is 0.335. The molecule has 0 spiro atoms. The molecule has 0 bridgehead atoms. The number of allylic oxidation sites excluding steroid dienone is 1. The van der Waals surface area contributed by atoms with E-state index in [1.807, 2.05) is 0 Å². The number of ether oxygens (including phenoxy) is 2. The molecule has 1 heterocycles. The molecule has 0 radical (unpaired) electrons. The molecule has 1 rings (SSSR count). The van der Waals surface area contributed by atoms with Gasteiger partial charge in [-0.05, 0) is 33.6 Å². The summed E-state index contributed by atoms with van der Waals surface area (Å²) in [5.74, 6) is -1.21. The van der Waals surface area contributed by atoms with Crippen molar-refractivity contribution in [1.82, 2.24) is 5.32 Å². The molecule has 118 valence electrons. The second kappa shape index (κ2) is 7.21. The van der Waals surface area contributed by atoms with Crippen LogP contribution < -0.4 is 5.32 Å². The van der Waals surface area contributed by atoms with E-state index in [2.05, 4.69) is 10.1 Å². The topological polar surface area (TPSA) is 102 Å². The number of carbonyl (C=O) groups excluding carboxylic acids is 3. The van der Waals surface area contributed by atoms with Gasteiger partial charge in [-0.25, -0.2) is 9.59 Å². The number of alkyl carbamates (subject to hydrolysis) is 1. The fraction of sp³-hybridized carbons (Fsp3) is 0.643. The highest BCUT2D eigenvalue weighted by atomic mass is 16.6. The number of cyclic esters (lactones) is 1. The Bertz CT molecular complexity index is 449. The van der Waals surface area contributed by atoms with Gasteiger partial charge in [0.1, 0.15) is 11.2 Å². The van der Waals surface area contributed by atoms with Crippen molar-refractivity contribution in [3.05, 3.63) is 11.6 Å². The van der Waals surface area contributed by atoms with E-state index in [1.54, 1.807) is 20.8 Å². The average molecular weight is 299 g/mol. The largest absolute Gasteiger partial charge is 0.448 e. The molecule has 0 saturated carbocycles. The molecule has 7 heteroatoms. The van der Waals surface area contributed by atoms with Crippen LogP contribution in [0.25, 0.3) is 0 Å². The maximum absolute atomic E-state index is 11.6. The Balaban J connectivity index is 2.31. The molecule has 21 heavy (non-hydrogen) atoms. The van der Waals surface area contributed by atoms with E-state index in [-0.39, 0.29) is 5.57 Å². The van der Waals surface area contributed by atoms with E-state index in [1.165, 1.54) is 6.08 Å². The number of unbranched alkanes of at least 4 members (excludes halogenated alkanes) is 1. The van der Waals surface area contributed by atoms with Crippen molar-refractivity contribution in [2.24, 2.45) is 0 Å². The number of esters is 1. The number of hydrogen-bond acceptors (Lipinski definition) is 6. The Morgan fingerprint density at radius 1 is 1.43 bits per heavy atom. The smallest absolute Gasteiger partial charge is 0.407 e. The normalized spacial score (nSPS) is 20.6. The molecule has 0 aliphatic carbocycles. The highest BCUT2D eigenvalue weighted by Crippen LogP contribution is 2.17. The molecule has 7 nitrogen and oxygen atoms in total. The third kappa shape index (κ3) is 5.55. The molecule has 1 aliphatic heterocycles. The van der Waals surface area contributed by atoms with Crippen LogP contribution in [0.2, 0.25) is 0 Å². The first-order valence-corrected chi connectivity index (χ1v) is 6.77. The first-order valence-electron chi connectivity index (χ1n) is 6.77. The summed E-state index contributed by atoms with van der Waals surface area (Å²) in [6.45, 7) is 5.16. The van der Waals surface area contributed by atoms with Crippen LogP contribution in [0.15, 0.2) is 11.6 Å². The van der Waals surface area contributed by atoms with Gasteiger partial charge < -0.3 is 19.9 Å². The molecule has 1 fully saturated rings. The van der Waals surface area contributed by atoms with E-state index in [0.717, 1.165) is 0 Å². The summed E-state index contributed by atoms with van der Waals surface area (Å²) in [4.78, 5) is 34.3. The number of nitrogens with one attached hydrogen (secondary N) is 1. The summed E-state index contributed by atoms with van der Waals surface area (Å²) < 4.78 is 9.75. The lowest BCUT2D eigenvalue weighted by Gasteiger charge is -2.19. The molecule has 1 atom stereocenters. The summed E-state index contributed by atoms with van der Waals surface area (Å²) in [5, 5.41) is 11.4. The number of amides is 1. The summed E-state index contributed by atoms with van der Waals surface area (Å²) in [6, 6.07) is 0. The third-order valence-electron chi connectivity index (χ3n) is 2.59. The number of Topliss-reactive ketones (excluding diaryl/α,β-unsaturated/α-hetero) is 1. The second-order valence-corrected chi connectivity index (χ2v) is 5.63. The minimum Gasteiger partial charge on any atom is -0.448 e. The van der Waals surface area contributed by atoms with Crippen LogP contribution in [-0.4, -0.2) is 47.8 Å². The first-order chi connectivity index (χ1) is 9.74. The zero-order valence-corrected chi connectivity index (χ0v) is 12.5. The van der Waals surface area contributed by atoms with Gasteiger partial charge in [-0.2, -0.15) is 0 Å². The minimum atomic E-state index is -1.08. The lowest BCUT2D eigenvalue weighted by molar-refractivity contribution is -0.142. The molecule has 0 aromatic carbocycles. The van der Waals surface area contributed by atoms with Crippen LogP contribution in [0.1, 0.15) is 33.6 Å². The zero-order chi connectivity index (χ0) is 16.0. The van der Waals surface area contributed by atoms with Gasteiger partial charge in [0.15, 0.2) is 6.10 Å². The lowest BCUT2D eigenvalue weighted by Crippen LogP contribution is -2.32. The predicted molar refractivity (Wildman–Crippen MR) is 73.5 cm³/mol. The fourth-order valence-corrected chi connectivity index (χ4v) is 1.68. The van der Waals surface area contributed by atoms with Crippen LogP contribution >= 0.6 is 0 Å². The molecular weight excluding hydrogens is 278 g/mol. The van der Waals surface area contributed by atoms with E-state index in [4.69, 9.17) is 9.84 Å². The van der Waals surface area contributed by atoms with E-state index in [9.17, 15) is 14.4 Å². The molecule has 0 aromatic heterocycles. The second-order valence-electron chi connectivity index (χ2n) is 5.63. The first kappa shape index (κ1) is 17.2. The van der Waals surface area contributed by atoms with Crippen LogP contribution in [0.5, 0.6) is 0 Å². The van der Waals surface area contributed by atoms with Gasteiger partial charge in [-0.3, -0.25) is 4.79 Å². The van der Waals surface area contributed by atoms with Crippen molar-refractivity contribution < 1.29 is 29.0 Å². The van der Waals surface area contributed by atoms with Gasteiger partial charge in [-0.1, -0.05) is 6.08 Å². The van der Waals surface area contributed by atoms with Gasteiger partial charge >= 0.3 is 12.1 Å². The predicted octanol–water partition coefficient (Wildman–Crippen LogP) is 0.704. The number of aliphatic hydroxyl groups excluding tert-OH is 1. The highest BCUT2D eigenvalue weighted by molar-refractivity contribution is 6.23. The minimum absolute atomic E-state index is 0.0358. The number of ketones is 1. The van der Waals surface area contributed by atoms with Crippen LogP contribution in [0, 0.1) is 0 Å². The molecule has 1 amide bonds. The maximum atomic E-state index is 11.6. The average Bonchev–Trinajstić information content (AvgIpc) is 2.63. The van der Waals surface area contributed by atoms with Gasteiger partial charge in [0, 0.05) is 6.54 Å². The van der Waals surface area contributed by atoms with Crippen LogP contribution in [-0.2, 0) is 19.1 Å². The van der Waals surface area contributed by atoms with E-state index < -0.39 is 36.2 Å². The van der Waals surface area contributed by atoms with Crippen molar-refractivity contribution in [2.45, 2.75) is 45.3 Å². The summed E-state index contributed by atoms with van der Waals surface area (Å²) in [6.07, 6.45) is 0.865. The van der Waals surface area contributed by atoms with Crippen molar-refractivity contribution in [3.63, 3.8) is 0 Å².